The van der Waals surface area contributed by atoms with E-state index in [1.807, 2.05) is 0 Å². The molecular formula is C9H12N2O. The number of H-pyrrole nitrogens is 1. The summed E-state index contributed by atoms with van der Waals surface area (Å²) in [7, 11) is 0. The van der Waals surface area contributed by atoms with Crippen molar-refractivity contribution >= 4 is 0 Å². The lowest BCUT2D eigenvalue weighted by Crippen LogP contribution is -2.19. The number of aromatic amines is 1. The van der Waals surface area contributed by atoms with Crippen molar-refractivity contribution in [3.05, 3.63) is 27.9 Å². The van der Waals surface area contributed by atoms with E-state index in [9.17, 15) is 4.79 Å². The molecule has 64 valence electrons. The van der Waals surface area contributed by atoms with Crippen LogP contribution in [0.25, 0.3) is 0 Å². The summed E-state index contributed by atoms with van der Waals surface area (Å²) in [6.07, 6.45) is 4.51. The van der Waals surface area contributed by atoms with Crippen LogP contribution in [0.2, 0.25) is 0 Å². The van der Waals surface area contributed by atoms with Gasteiger partial charge in [0.2, 0.25) is 0 Å². The zero-order valence-electron chi connectivity index (χ0n) is 7.13. The first-order valence-electron chi connectivity index (χ1n) is 4.33. The van der Waals surface area contributed by atoms with Crippen LogP contribution in [0.15, 0.2) is 11.0 Å². The average Bonchev–Trinajstić information content (AvgIpc) is 2.05. The van der Waals surface area contributed by atoms with Crippen molar-refractivity contribution in [1.29, 1.82) is 0 Å². The smallest absolute Gasteiger partial charge is 0.266 e. The van der Waals surface area contributed by atoms with Crippen molar-refractivity contribution in [3.63, 3.8) is 0 Å². The summed E-state index contributed by atoms with van der Waals surface area (Å²) < 4.78 is 0. The van der Waals surface area contributed by atoms with E-state index in [-0.39, 0.29) is 5.56 Å². The van der Waals surface area contributed by atoms with Gasteiger partial charge in [0.15, 0.2) is 0 Å². The lowest BCUT2D eigenvalue weighted by molar-refractivity contribution is 0.483. The fraction of sp³-hybridized carbons (Fsp3) is 0.556. The normalized spacial score (nSPS) is 21.9. The van der Waals surface area contributed by atoms with Gasteiger partial charge in [-0.2, -0.15) is 0 Å². The fourth-order valence-corrected chi connectivity index (χ4v) is 1.67. The first-order chi connectivity index (χ1) is 5.75. The summed E-state index contributed by atoms with van der Waals surface area (Å²) in [5.74, 6) is 0.705. The maximum absolute atomic E-state index is 10.9. The van der Waals surface area contributed by atoms with E-state index >= 15 is 0 Å². The molecule has 0 aliphatic heterocycles. The molecule has 1 aromatic heterocycles. The minimum absolute atomic E-state index is 0.0803. The summed E-state index contributed by atoms with van der Waals surface area (Å²) in [6, 6.07) is 0. The molecule has 1 N–H and O–H groups in total. The number of hydrogen-bond acceptors (Lipinski definition) is 2. The molecule has 1 aromatic rings. The van der Waals surface area contributed by atoms with Crippen molar-refractivity contribution in [2.24, 2.45) is 5.92 Å². The van der Waals surface area contributed by atoms with Crippen LogP contribution in [0.4, 0.5) is 0 Å². The topological polar surface area (TPSA) is 45.8 Å². The number of aryl methyl sites for hydroxylation is 1. The number of nitrogens with zero attached hydrogens (tertiary/aromatic N) is 1. The maximum Gasteiger partial charge on any atom is 0.266 e. The summed E-state index contributed by atoms with van der Waals surface area (Å²) >= 11 is 0. The summed E-state index contributed by atoms with van der Waals surface area (Å²) in [5.41, 5.74) is 2.04. The van der Waals surface area contributed by atoms with Crippen LogP contribution in [0, 0.1) is 5.92 Å². The van der Waals surface area contributed by atoms with Crippen molar-refractivity contribution in [3.8, 4) is 0 Å². The Kier molecular flexibility index (Phi) is 1.71. The van der Waals surface area contributed by atoms with Gasteiger partial charge in [-0.1, -0.05) is 6.92 Å². The van der Waals surface area contributed by atoms with Crippen LogP contribution in [0.3, 0.4) is 0 Å². The van der Waals surface area contributed by atoms with Crippen molar-refractivity contribution < 1.29 is 0 Å². The second-order valence-electron chi connectivity index (χ2n) is 3.52. The molecule has 0 saturated heterocycles. The SMILES string of the molecule is CC1CCc2[nH]c(=O)cnc2C1. The molecule has 2 rings (SSSR count). The van der Waals surface area contributed by atoms with E-state index in [4.69, 9.17) is 0 Å². The van der Waals surface area contributed by atoms with Gasteiger partial charge in [0.25, 0.3) is 5.56 Å². The third kappa shape index (κ3) is 1.26. The van der Waals surface area contributed by atoms with Gasteiger partial charge in [-0.05, 0) is 25.2 Å². The summed E-state index contributed by atoms with van der Waals surface area (Å²) in [5, 5.41) is 0. The number of rotatable bonds is 0. The van der Waals surface area contributed by atoms with Gasteiger partial charge >= 0.3 is 0 Å². The Bertz CT molecular complexity index is 343. The number of hydrogen-bond donors (Lipinski definition) is 1. The van der Waals surface area contributed by atoms with Crippen LogP contribution in [-0.2, 0) is 12.8 Å². The van der Waals surface area contributed by atoms with Crippen LogP contribution < -0.4 is 5.56 Å². The lowest BCUT2D eigenvalue weighted by atomic mass is 9.91. The zero-order chi connectivity index (χ0) is 8.55. The molecule has 0 radical (unpaired) electrons. The van der Waals surface area contributed by atoms with Gasteiger partial charge in [-0.15, -0.1) is 0 Å². The molecule has 1 atom stereocenters. The largest absolute Gasteiger partial charge is 0.323 e. The van der Waals surface area contributed by atoms with E-state index in [2.05, 4.69) is 16.9 Å². The van der Waals surface area contributed by atoms with Crippen molar-refractivity contribution in [1.82, 2.24) is 9.97 Å². The molecule has 1 heterocycles. The molecule has 1 aliphatic rings. The van der Waals surface area contributed by atoms with Gasteiger partial charge in [0.05, 0.1) is 11.9 Å². The molecular weight excluding hydrogens is 152 g/mol. The zero-order valence-corrected chi connectivity index (χ0v) is 7.13. The van der Waals surface area contributed by atoms with Gasteiger partial charge in [-0.25, -0.2) is 0 Å². The van der Waals surface area contributed by atoms with Crippen LogP contribution >= 0.6 is 0 Å². The molecule has 0 saturated carbocycles. The second-order valence-corrected chi connectivity index (χ2v) is 3.52. The van der Waals surface area contributed by atoms with E-state index in [0.717, 1.165) is 30.7 Å². The van der Waals surface area contributed by atoms with Gasteiger partial charge in [0, 0.05) is 5.69 Å². The predicted molar refractivity (Wildman–Crippen MR) is 46.0 cm³/mol. The van der Waals surface area contributed by atoms with Crippen LogP contribution in [0.5, 0.6) is 0 Å². The third-order valence-corrected chi connectivity index (χ3v) is 2.39. The molecule has 0 spiro atoms. The predicted octanol–water partition coefficient (Wildman–Crippen LogP) is 0.895. The van der Waals surface area contributed by atoms with Gasteiger partial charge in [0.1, 0.15) is 0 Å². The Balaban J connectivity index is 2.43. The molecule has 0 bridgehead atoms. The Morgan fingerprint density at radius 2 is 2.50 bits per heavy atom. The fourth-order valence-electron chi connectivity index (χ4n) is 1.67. The highest BCUT2D eigenvalue weighted by Gasteiger charge is 2.16. The molecule has 3 nitrogen and oxygen atoms in total. The Hall–Kier alpha value is -1.12. The number of aromatic nitrogens is 2. The lowest BCUT2D eigenvalue weighted by Gasteiger charge is -2.18. The number of nitrogens with one attached hydrogen (secondary N) is 1. The van der Waals surface area contributed by atoms with Crippen LogP contribution in [-0.4, -0.2) is 9.97 Å². The summed E-state index contributed by atoms with van der Waals surface area (Å²) in [6.45, 7) is 2.22. The molecule has 0 aromatic carbocycles. The van der Waals surface area contributed by atoms with Crippen LogP contribution in [0.1, 0.15) is 24.7 Å². The molecule has 0 amide bonds. The Morgan fingerprint density at radius 1 is 1.67 bits per heavy atom. The molecule has 3 heteroatoms. The minimum Gasteiger partial charge on any atom is -0.323 e. The monoisotopic (exact) mass is 164 g/mol. The van der Waals surface area contributed by atoms with Crippen molar-refractivity contribution in [2.75, 3.05) is 0 Å². The first kappa shape index (κ1) is 7.53. The first-order valence-corrected chi connectivity index (χ1v) is 4.33. The highest BCUT2D eigenvalue weighted by atomic mass is 16.1. The third-order valence-electron chi connectivity index (χ3n) is 2.39. The Labute approximate surface area is 70.9 Å². The van der Waals surface area contributed by atoms with E-state index in [0.29, 0.717) is 5.92 Å². The molecule has 1 unspecified atom stereocenters. The van der Waals surface area contributed by atoms with E-state index in [1.54, 1.807) is 0 Å². The number of fused-ring (bicyclic) bond motifs is 1. The maximum atomic E-state index is 10.9. The molecule has 12 heavy (non-hydrogen) atoms. The highest BCUT2D eigenvalue weighted by Crippen LogP contribution is 2.20. The Morgan fingerprint density at radius 3 is 3.33 bits per heavy atom. The second kappa shape index (κ2) is 2.73. The quantitative estimate of drug-likeness (QED) is 0.619. The minimum atomic E-state index is -0.0803. The molecule has 0 fully saturated rings. The van der Waals surface area contributed by atoms with Gasteiger partial charge in [-0.3, -0.25) is 9.78 Å². The molecule has 1 aliphatic carbocycles. The van der Waals surface area contributed by atoms with E-state index < -0.39 is 0 Å². The van der Waals surface area contributed by atoms with Crippen molar-refractivity contribution in [2.45, 2.75) is 26.2 Å². The standard InChI is InChI=1S/C9H12N2O/c1-6-2-3-7-8(4-6)10-5-9(12)11-7/h5-6H,2-4H2,1H3,(H,11,12). The average molecular weight is 164 g/mol. The van der Waals surface area contributed by atoms with E-state index in [1.165, 1.54) is 6.20 Å². The highest BCUT2D eigenvalue weighted by molar-refractivity contribution is 5.14. The van der Waals surface area contributed by atoms with Gasteiger partial charge < -0.3 is 4.98 Å². The summed E-state index contributed by atoms with van der Waals surface area (Å²) in [4.78, 5) is 17.9.